The number of carbonyl (C=O) groups is 1. The molecule has 2 N–H and O–H groups in total. The molecule has 18 heavy (non-hydrogen) atoms. The Balaban J connectivity index is 3.17. The number of rotatable bonds is 3. The molecule has 0 bridgehead atoms. The molecule has 1 rings (SSSR count). The Hall–Kier alpha value is -2.67. The van der Waals surface area contributed by atoms with E-state index in [-0.39, 0.29) is 0 Å². The van der Waals surface area contributed by atoms with Crippen molar-refractivity contribution in [3.8, 4) is 12.1 Å². The van der Waals surface area contributed by atoms with Crippen molar-refractivity contribution >= 4 is 11.6 Å². The van der Waals surface area contributed by atoms with E-state index in [1.165, 1.54) is 0 Å². The summed E-state index contributed by atoms with van der Waals surface area (Å²) in [6.07, 6.45) is 0. The van der Waals surface area contributed by atoms with Gasteiger partial charge in [-0.25, -0.2) is 8.78 Å². The molecular weight excluding hydrogens is 242 g/mol. The zero-order valence-corrected chi connectivity index (χ0v) is 9.15. The summed E-state index contributed by atoms with van der Waals surface area (Å²) in [5.41, 5.74) is 4.09. The molecule has 1 amide bonds. The minimum atomic E-state index is -1.07. The van der Waals surface area contributed by atoms with Gasteiger partial charge in [0.1, 0.15) is 18.9 Å². The van der Waals surface area contributed by atoms with E-state index in [0.717, 1.165) is 11.0 Å². The number of nitrogens with zero attached hydrogens (tertiary/aromatic N) is 3. The Kier molecular flexibility index (Phi) is 4.16. The van der Waals surface area contributed by atoms with Crippen LogP contribution in [0.4, 0.5) is 14.5 Å². The second-order valence-electron chi connectivity index (χ2n) is 3.33. The van der Waals surface area contributed by atoms with Crippen molar-refractivity contribution in [3.63, 3.8) is 0 Å². The molecule has 0 radical (unpaired) electrons. The Labute approximate surface area is 102 Å². The van der Waals surface area contributed by atoms with Gasteiger partial charge in [0.25, 0.3) is 5.91 Å². The molecule has 1 aromatic carbocycles. The Morgan fingerprint density at radius 3 is 2.33 bits per heavy atom. The number of amides is 1. The summed E-state index contributed by atoms with van der Waals surface area (Å²) in [7, 11) is 0. The first-order valence-corrected chi connectivity index (χ1v) is 4.79. The molecule has 0 atom stereocenters. The summed E-state index contributed by atoms with van der Waals surface area (Å²) in [4.78, 5) is 12.6. The first-order chi connectivity index (χ1) is 8.51. The van der Waals surface area contributed by atoms with Gasteiger partial charge < -0.3 is 10.6 Å². The molecule has 0 spiro atoms. The average molecular weight is 250 g/mol. The van der Waals surface area contributed by atoms with Gasteiger partial charge in [0.15, 0.2) is 5.82 Å². The van der Waals surface area contributed by atoms with Crippen LogP contribution in [0.3, 0.4) is 0 Å². The Morgan fingerprint density at radius 2 is 1.83 bits per heavy atom. The molecule has 0 unspecified atom stereocenters. The normalized spacial score (nSPS) is 9.33. The Bertz CT molecular complexity index is 543. The van der Waals surface area contributed by atoms with Gasteiger partial charge in [0.05, 0.1) is 23.4 Å². The maximum Gasteiger partial charge on any atom is 0.258 e. The first kappa shape index (κ1) is 13.4. The maximum atomic E-state index is 13.6. The predicted octanol–water partition coefficient (Wildman–Crippen LogP) is 1.04. The van der Waals surface area contributed by atoms with Crippen LogP contribution in [0.1, 0.15) is 10.4 Å². The lowest BCUT2D eigenvalue weighted by atomic mass is 10.1. The third kappa shape index (κ3) is 2.71. The van der Waals surface area contributed by atoms with Gasteiger partial charge in [-0.3, -0.25) is 4.79 Å². The highest BCUT2D eigenvalue weighted by atomic mass is 19.1. The fourth-order valence-corrected chi connectivity index (χ4v) is 1.31. The van der Waals surface area contributed by atoms with E-state index in [4.69, 9.17) is 16.3 Å². The number of nitrogen functional groups attached to an aromatic ring is 1. The standard InChI is InChI=1S/C11H8F2N4O/c12-7-5-8(10(13)9(16)6-7)11(18)17(3-1-14)4-2-15/h5-6H,3-4,16H2. The summed E-state index contributed by atoms with van der Waals surface area (Å²) in [6, 6.07) is 4.73. The van der Waals surface area contributed by atoms with E-state index < -0.39 is 41.9 Å². The van der Waals surface area contributed by atoms with Gasteiger partial charge in [-0.2, -0.15) is 10.5 Å². The number of nitriles is 2. The van der Waals surface area contributed by atoms with Crippen molar-refractivity contribution in [2.75, 3.05) is 18.8 Å². The average Bonchev–Trinajstić information content (AvgIpc) is 2.32. The fraction of sp³-hybridized carbons (Fsp3) is 0.182. The number of nitrogens with two attached hydrogens (primary N) is 1. The molecule has 1 aromatic rings. The van der Waals surface area contributed by atoms with E-state index in [1.54, 1.807) is 12.1 Å². The quantitative estimate of drug-likeness (QED) is 0.640. The summed E-state index contributed by atoms with van der Waals surface area (Å²) in [6.45, 7) is -0.801. The topological polar surface area (TPSA) is 93.9 Å². The highest BCUT2D eigenvalue weighted by molar-refractivity contribution is 5.95. The molecule has 0 heterocycles. The second-order valence-corrected chi connectivity index (χ2v) is 3.33. The predicted molar refractivity (Wildman–Crippen MR) is 57.9 cm³/mol. The highest BCUT2D eigenvalue weighted by Crippen LogP contribution is 2.19. The monoisotopic (exact) mass is 250 g/mol. The number of hydrogen-bond acceptors (Lipinski definition) is 4. The van der Waals surface area contributed by atoms with Crippen LogP contribution in [0.2, 0.25) is 0 Å². The molecule has 0 saturated heterocycles. The fourth-order valence-electron chi connectivity index (χ4n) is 1.31. The lowest BCUT2D eigenvalue weighted by Crippen LogP contribution is -2.32. The minimum absolute atomic E-state index is 0.401. The maximum absolute atomic E-state index is 13.6. The molecule has 0 aliphatic rings. The number of carbonyl (C=O) groups excluding carboxylic acids is 1. The number of benzene rings is 1. The van der Waals surface area contributed by atoms with Gasteiger partial charge in [-0.05, 0) is 12.1 Å². The molecule has 0 aliphatic heterocycles. The van der Waals surface area contributed by atoms with Crippen LogP contribution in [0.25, 0.3) is 0 Å². The third-order valence-corrected chi connectivity index (χ3v) is 2.11. The molecule has 0 aliphatic carbocycles. The molecule has 92 valence electrons. The summed E-state index contributed by atoms with van der Waals surface area (Å²) >= 11 is 0. The van der Waals surface area contributed by atoms with Crippen molar-refractivity contribution < 1.29 is 13.6 Å². The number of hydrogen-bond donors (Lipinski definition) is 1. The molecule has 7 heteroatoms. The van der Waals surface area contributed by atoms with Gasteiger partial charge in [-0.1, -0.05) is 0 Å². The van der Waals surface area contributed by atoms with Crippen molar-refractivity contribution in [3.05, 3.63) is 29.3 Å². The van der Waals surface area contributed by atoms with Crippen molar-refractivity contribution in [2.45, 2.75) is 0 Å². The van der Waals surface area contributed by atoms with Crippen LogP contribution in [0, 0.1) is 34.3 Å². The summed E-state index contributed by atoms with van der Waals surface area (Å²) in [5.74, 6) is -2.89. The highest BCUT2D eigenvalue weighted by Gasteiger charge is 2.21. The summed E-state index contributed by atoms with van der Waals surface area (Å²) < 4.78 is 26.6. The lowest BCUT2D eigenvalue weighted by Gasteiger charge is -2.16. The van der Waals surface area contributed by atoms with Crippen molar-refractivity contribution in [2.24, 2.45) is 0 Å². The van der Waals surface area contributed by atoms with Crippen LogP contribution >= 0.6 is 0 Å². The van der Waals surface area contributed by atoms with Gasteiger partial charge in [-0.15, -0.1) is 0 Å². The van der Waals surface area contributed by atoms with E-state index in [1.807, 2.05) is 0 Å². The molecule has 5 nitrogen and oxygen atoms in total. The zero-order chi connectivity index (χ0) is 13.7. The summed E-state index contributed by atoms with van der Waals surface area (Å²) in [5, 5.41) is 17.0. The molecular formula is C11H8F2N4O. The number of halogens is 2. The van der Waals surface area contributed by atoms with Crippen LogP contribution in [0.5, 0.6) is 0 Å². The smallest absolute Gasteiger partial charge is 0.258 e. The minimum Gasteiger partial charge on any atom is -0.396 e. The second kappa shape index (κ2) is 5.60. The van der Waals surface area contributed by atoms with E-state index >= 15 is 0 Å². The lowest BCUT2D eigenvalue weighted by molar-refractivity contribution is 0.0789. The molecule has 0 saturated carbocycles. The molecule has 0 fully saturated rings. The zero-order valence-electron chi connectivity index (χ0n) is 9.15. The van der Waals surface area contributed by atoms with Gasteiger partial charge >= 0.3 is 0 Å². The SMILES string of the molecule is N#CCN(CC#N)C(=O)c1cc(F)cc(N)c1F. The van der Waals surface area contributed by atoms with E-state index in [9.17, 15) is 13.6 Å². The van der Waals surface area contributed by atoms with Crippen LogP contribution in [-0.4, -0.2) is 23.9 Å². The number of anilines is 1. The van der Waals surface area contributed by atoms with Crippen molar-refractivity contribution in [1.82, 2.24) is 4.90 Å². The van der Waals surface area contributed by atoms with Crippen molar-refractivity contribution in [1.29, 1.82) is 10.5 Å². The van der Waals surface area contributed by atoms with Crippen LogP contribution in [-0.2, 0) is 0 Å². The Morgan fingerprint density at radius 1 is 1.28 bits per heavy atom. The van der Waals surface area contributed by atoms with Gasteiger partial charge in [0.2, 0.25) is 0 Å². The largest absolute Gasteiger partial charge is 0.396 e. The van der Waals surface area contributed by atoms with E-state index in [2.05, 4.69) is 0 Å². The first-order valence-electron chi connectivity index (χ1n) is 4.79. The van der Waals surface area contributed by atoms with E-state index in [0.29, 0.717) is 6.07 Å². The van der Waals surface area contributed by atoms with Crippen LogP contribution < -0.4 is 5.73 Å². The van der Waals surface area contributed by atoms with Crippen LogP contribution in [0.15, 0.2) is 12.1 Å². The third-order valence-electron chi connectivity index (χ3n) is 2.11. The van der Waals surface area contributed by atoms with Gasteiger partial charge in [0, 0.05) is 0 Å². The molecule has 0 aromatic heterocycles.